The van der Waals surface area contributed by atoms with E-state index in [0.29, 0.717) is 5.84 Å². The average molecular weight is 182 g/mol. The number of anilines is 1. The standard InChI is InChI=1S/C12H10N2/c1-7-5-6-10-11-8(7)3-2-4-9(11)12(13)14-10/h2-6H,1H3,(H2,13,14). The maximum absolute atomic E-state index is 7.78. The van der Waals surface area contributed by atoms with Crippen LogP contribution in [-0.4, -0.2) is 5.84 Å². The van der Waals surface area contributed by atoms with Gasteiger partial charge in [-0.1, -0.05) is 24.3 Å². The quantitative estimate of drug-likeness (QED) is 0.645. The maximum atomic E-state index is 7.78. The lowest BCUT2D eigenvalue weighted by Crippen LogP contribution is -2.03. The fourth-order valence-electron chi connectivity index (χ4n) is 2.07. The predicted molar refractivity (Wildman–Crippen MR) is 59.1 cm³/mol. The molecule has 1 aliphatic rings. The van der Waals surface area contributed by atoms with Crippen LogP contribution in [0, 0.1) is 12.3 Å². The van der Waals surface area contributed by atoms with Crippen LogP contribution in [0.2, 0.25) is 0 Å². The molecular formula is C12H10N2. The van der Waals surface area contributed by atoms with E-state index in [1.54, 1.807) is 0 Å². The highest BCUT2D eigenvalue weighted by Crippen LogP contribution is 2.34. The van der Waals surface area contributed by atoms with Crippen molar-refractivity contribution in [1.29, 1.82) is 5.41 Å². The van der Waals surface area contributed by atoms with Crippen molar-refractivity contribution in [3.05, 3.63) is 41.5 Å². The Kier molecular flexibility index (Phi) is 1.27. The smallest absolute Gasteiger partial charge is 0.130 e. The molecule has 0 bridgehead atoms. The summed E-state index contributed by atoms with van der Waals surface area (Å²) >= 11 is 0. The zero-order chi connectivity index (χ0) is 9.71. The molecule has 3 rings (SSSR count). The fraction of sp³-hybridized carbons (Fsp3) is 0.0833. The molecule has 2 N–H and O–H groups in total. The second-order valence-electron chi connectivity index (χ2n) is 3.66. The minimum absolute atomic E-state index is 0.510. The molecule has 0 radical (unpaired) electrons. The van der Waals surface area contributed by atoms with Gasteiger partial charge in [-0.15, -0.1) is 0 Å². The Morgan fingerprint density at radius 2 is 2.00 bits per heavy atom. The zero-order valence-electron chi connectivity index (χ0n) is 7.89. The summed E-state index contributed by atoms with van der Waals surface area (Å²) < 4.78 is 0. The van der Waals surface area contributed by atoms with E-state index >= 15 is 0 Å². The summed E-state index contributed by atoms with van der Waals surface area (Å²) in [6.45, 7) is 2.10. The van der Waals surface area contributed by atoms with Crippen molar-refractivity contribution in [1.82, 2.24) is 0 Å². The molecule has 0 atom stereocenters. The fourth-order valence-corrected chi connectivity index (χ4v) is 2.07. The molecule has 68 valence electrons. The van der Waals surface area contributed by atoms with Crippen molar-refractivity contribution < 1.29 is 0 Å². The van der Waals surface area contributed by atoms with Gasteiger partial charge >= 0.3 is 0 Å². The van der Waals surface area contributed by atoms with Gasteiger partial charge in [-0.2, -0.15) is 0 Å². The molecule has 0 unspecified atom stereocenters. The van der Waals surface area contributed by atoms with Gasteiger partial charge in [0.2, 0.25) is 0 Å². The van der Waals surface area contributed by atoms with Crippen LogP contribution in [0.5, 0.6) is 0 Å². The van der Waals surface area contributed by atoms with Gasteiger partial charge in [0.15, 0.2) is 0 Å². The molecule has 2 aromatic carbocycles. The molecule has 0 saturated carbocycles. The first kappa shape index (κ1) is 7.56. The van der Waals surface area contributed by atoms with E-state index in [-0.39, 0.29) is 0 Å². The topological polar surface area (TPSA) is 35.9 Å². The first-order chi connectivity index (χ1) is 6.77. The first-order valence-electron chi connectivity index (χ1n) is 4.65. The van der Waals surface area contributed by atoms with Crippen molar-refractivity contribution in [3.63, 3.8) is 0 Å². The summed E-state index contributed by atoms with van der Waals surface area (Å²) in [5.74, 6) is 0.510. The van der Waals surface area contributed by atoms with E-state index in [4.69, 9.17) is 5.41 Å². The largest absolute Gasteiger partial charge is 0.340 e. The summed E-state index contributed by atoms with van der Waals surface area (Å²) in [5, 5.41) is 13.3. The third kappa shape index (κ3) is 0.777. The monoisotopic (exact) mass is 182 g/mol. The Hall–Kier alpha value is -1.83. The molecule has 14 heavy (non-hydrogen) atoms. The van der Waals surface area contributed by atoms with Crippen LogP contribution >= 0.6 is 0 Å². The molecule has 0 amide bonds. The van der Waals surface area contributed by atoms with Gasteiger partial charge < -0.3 is 5.32 Å². The van der Waals surface area contributed by atoms with Crippen molar-refractivity contribution in [2.45, 2.75) is 6.92 Å². The number of nitrogens with one attached hydrogen (secondary N) is 2. The first-order valence-corrected chi connectivity index (χ1v) is 4.65. The molecular weight excluding hydrogens is 172 g/mol. The Labute approximate surface area is 82.1 Å². The molecule has 0 saturated heterocycles. The van der Waals surface area contributed by atoms with Gasteiger partial charge in [-0.25, -0.2) is 0 Å². The van der Waals surface area contributed by atoms with Crippen LogP contribution in [0.1, 0.15) is 11.1 Å². The minimum atomic E-state index is 0.510. The number of hydrogen-bond acceptors (Lipinski definition) is 1. The maximum Gasteiger partial charge on any atom is 0.130 e. The van der Waals surface area contributed by atoms with Crippen LogP contribution in [0.4, 0.5) is 5.69 Å². The van der Waals surface area contributed by atoms with Crippen molar-refractivity contribution in [3.8, 4) is 0 Å². The Balaban J connectivity index is 2.58. The predicted octanol–water partition coefficient (Wildman–Crippen LogP) is 2.90. The second kappa shape index (κ2) is 2.35. The summed E-state index contributed by atoms with van der Waals surface area (Å²) in [7, 11) is 0. The highest BCUT2D eigenvalue weighted by molar-refractivity contribution is 6.25. The Morgan fingerprint density at radius 3 is 2.86 bits per heavy atom. The molecule has 0 aliphatic carbocycles. The van der Waals surface area contributed by atoms with Gasteiger partial charge in [0, 0.05) is 16.6 Å². The van der Waals surface area contributed by atoms with Gasteiger partial charge in [0.1, 0.15) is 5.84 Å². The number of hydrogen-bond donors (Lipinski definition) is 2. The average Bonchev–Trinajstić information content (AvgIpc) is 2.52. The summed E-state index contributed by atoms with van der Waals surface area (Å²) in [4.78, 5) is 0. The van der Waals surface area contributed by atoms with Crippen LogP contribution < -0.4 is 5.32 Å². The normalized spacial score (nSPS) is 13.4. The lowest BCUT2D eigenvalue weighted by Gasteiger charge is -2.02. The number of benzene rings is 2. The van der Waals surface area contributed by atoms with Crippen molar-refractivity contribution >= 4 is 22.3 Å². The highest BCUT2D eigenvalue weighted by Gasteiger charge is 2.18. The zero-order valence-corrected chi connectivity index (χ0v) is 7.89. The molecule has 1 aliphatic heterocycles. The summed E-state index contributed by atoms with van der Waals surface area (Å²) in [6.07, 6.45) is 0. The number of amidine groups is 1. The van der Waals surface area contributed by atoms with Crippen LogP contribution in [-0.2, 0) is 0 Å². The third-order valence-electron chi connectivity index (χ3n) is 2.79. The van der Waals surface area contributed by atoms with Gasteiger partial charge in [0.05, 0.1) is 0 Å². The SMILES string of the molecule is Cc1ccc2c3c(cccc13)C(=N)N2. The lowest BCUT2D eigenvalue weighted by molar-refractivity contribution is 1.49. The highest BCUT2D eigenvalue weighted by atomic mass is 15.0. The lowest BCUT2D eigenvalue weighted by atomic mass is 10.0. The van der Waals surface area contributed by atoms with Gasteiger partial charge in [-0.3, -0.25) is 5.41 Å². The molecule has 0 aromatic heterocycles. The molecule has 2 heteroatoms. The Morgan fingerprint density at radius 1 is 1.14 bits per heavy atom. The van der Waals surface area contributed by atoms with Crippen molar-refractivity contribution in [2.24, 2.45) is 0 Å². The molecule has 0 fully saturated rings. The third-order valence-corrected chi connectivity index (χ3v) is 2.79. The van der Waals surface area contributed by atoms with Gasteiger partial charge in [-0.05, 0) is 23.9 Å². The summed E-state index contributed by atoms with van der Waals surface area (Å²) in [6, 6.07) is 10.2. The van der Waals surface area contributed by atoms with E-state index in [1.807, 2.05) is 18.2 Å². The van der Waals surface area contributed by atoms with Gasteiger partial charge in [0.25, 0.3) is 0 Å². The van der Waals surface area contributed by atoms with E-state index in [0.717, 1.165) is 11.3 Å². The van der Waals surface area contributed by atoms with Crippen LogP contribution in [0.15, 0.2) is 30.3 Å². The molecule has 2 aromatic rings. The van der Waals surface area contributed by atoms with E-state index in [1.165, 1.54) is 16.3 Å². The van der Waals surface area contributed by atoms with E-state index in [2.05, 4.69) is 24.4 Å². The Bertz CT molecular complexity index is 555. The van der Waals surface area contributed by atoms with Crippen LogP contribution in [0.25, 0.3) is 10.8 Å². The molecule has 1 heterocycles. The van der Waals surface area contributed by atoms with E-state index < -0.39 is 0 Å². The van der Waals surface area contributed by atoms with E-state index in [9.17, 15) is 0 Å². The number of aryl methyl sites for hydroxylation is 1. The van der Waals surface area contributed by atoms with Crippen molar-refractivity contribution in [2.75, 3.05) is 5.32 Å². The molecule has 0 spiro atoms. The summed E-state index contributed by atoms with van der Waals surface area (Å²) in [5.41, 5.74) is 3.34. The second-order valence-corrected chi connectivity index (χ2v) is 3.66. The molecule has 2 nitrogen and oxygen atoms in total. The minimum Gasteiger partial charge on any atom is -0.340 e. The van der Waals surface area contributed by atoms with Crippen LogP contribution in [0.3, 0.4) is 0 Å². The number of rotatable bonds is 0.